The van der Waals surface area contributed by atoms with Crippen molar-refractivity contribution in [2.75, 3.05) is 6.54 Å². The van der Waals surface area contributed by atoms with Gasteiger partial charge in [-0.25, -0.2) is 0 Å². The zero-order valence-electron chi connectivity index (χ0n) is 6.72. The molecule has 1 aliphatic rings. The summed E-state index contributed by atoms with van der Waals surface area (Å²) in [6, 6.07) is 0. The number of nitrogens with zero attached hydrogens (tertiary/aromatic N) is 1. The van der Waals surface area contributed by atoms with Gasteiger partial charge in [-0.05, 0) is 26.2 Å². The molecule has 0 aromatic carbocycles. The van der Waals surface area contributed by atoms with E-state index in [9.17, 15) is 5.21 Å². The molecule has 1 aliphatic heterocycles. The second kappa shape index (κ2) is 3.06. The Kier molecular flexibility index (Phi) is 2.33. The molecule has 58 valence electrons. The van der Waals surface area contributed by atoms with E-state index in [0.29, 0.717) is 0 Å². The molecule has 0 aromatic heterocycles. The molecule has 0 atom stereocenters. The van der Waals surface area contributed by atoms with Crippen LogP contribution in [0.5, 0.6) is 0 Å². The Bertz CT molecular complexity index is 151. The molecule has 0 radical (unpaired) electrons. The molecule has 2 heteroatoms. The quantitative estimate of drug-likeness (QED) is 0.604. The fraction of sp³-hybridized carbons (Fsp3) is 0.750. The molecule has 0 spiro atoms. The Balaban J connectivity index is 2.73. The van der Waals surface area contributed by atoms with Gasteiger partial charge in [0.15, 0.2) is 0 Å². The van der Waals surface area contributed by atoms with E-state index < -0.39 is 0 Å². The maximum absolute atomic E-state index is 9.31. The molecule has 0 unspecified atom stereocenters. The predicted molar refractivity (Wildman–Crippen MR) is 40.7 cm³/mol. The minimum atomic E-state index is 0.806. The molecule has 10 heavy (non-hydrogen) atoms. The van der Waals surface area contributed by atoms with Gasteiger partial charge in [0.2, 0.25) is 0 Å². The van der Waals surface area contributed by atoms with Crippen molar-refractivity contribution >= 4 is 0 Å². The normalized spacial score (nSPS) is 20.1. The van der Waals surface area contributed by atoms with Gasteiger partial charge in [-0.1, -0.05) is 12.5 Å². The van der Waals surface area contributed by atoms with Crippen molar-refractivity contribution in [1.82, 2.24) is 5.06 Å². The zero-order chi connectivity index (χ0) is 7.56. The first kappa shape index (κ1) is 7.61. The SMILES string of the molecule is CCC1=C(C)CCCN1O. The van der Waals surface area contributed by atoms with E-state index in [2.05, 4.69) is 13.8 Å². The van der Waals surface area contributed by atoms with Crippen molar-refractivity contribution in [1.29, 1.82) is 0 Å². The van der Waals surface area contributed by atoms with Crippen molar-refractivity contribution in [2.24, 2.45) is 0 Å². The summed E-state index contributed by atoms with van der Waals surface area (Å²) in [5.41, 5.74) is 2.46. The average Bonchev–Trinajstić information content (AvgIpc) is 1.88. The van der Waals surface area contributed by atoms with Crippen LogP contribution in [0.3, 0.4) is 0 Å². The fourth-order valence-corrected chi connectivity index (χ4v) is 1.48. The molecule has 0 saturated carbocycles. The number of hydrogen-bond donors (Lipinski definition) is 1. The summed E-state index contributed by atoms with van der Waals surface area (Å²) in [6.07, 6.45) is 3.19. The topological polar surface area (TPSA) is 23.5 Å². The van der Waals surface area contributed by atoms with Gasteiger partial charge < -0.3 is 0 Å². The van der Waals surface area contributed by atoms with Crippen LogP contribution in [0.4, 0.5) is 0 Å². The maximum Gasteiger partial charge on any atom is 0.0452 e. The van der Waals surface area contributed by atoms with Crippen molar-refractivity contribution in [3.63, 3.8) is 0 Å². The van der Waals surface area contributed by atoms with Crippen molar-refractivity contribution in [2.45, 2.75) is 33.1 Å². The molecule has 1 N–H and O–H groups in total. The molecule has 1 rings (SSSR count). The molecule has 0 aromatic rings. The largest absolute Gasteiger partial charge is 0.289 e. The highest BCUT2D eigenvalue weighted by Crippen LogP contribution is 2.21. The van der Waals surface area contributed by atoms with Crippen LogP contribution >= 0.6 is 0 Å². The Hall–Kier alpha value is -0.500. The van der Waals surface area contributed by atoms with Crippen molar-refractivity contribution < 1.29 is 5.21 Å². The number of hydroxylamine groups is 2. The Morgan fingerprint density at radius 3 is 2.70 bits per heavy atom. The third-order valence-corrected chi connectivity index (χ3v) is 2.06. The Morgan fingerprint density at radius 1 is 1.60 bits per heavy atom. The zero-order valence-corrected chi connectivity index (χ0v) is 6.72. The van der Waals surface area contributed by atoms with E-state index in [-0.39, 0.29) is 0 Å². The molecule has 0 bridgehead atoms. The van der Waals surface area contributed by atoms with Crippen LogP contribution in [-0.4, -0.2) is 16.8 Å². The summed E-state index contributed by atoms with van der Waals surface area (Å²) in [6.45, 7) is 4.98. The molecule has 0 fully saturated rings. The van der Waals surface area contributed by atoms with E-state index in [1.165, 1.54) is 10.6 Å². The summed E-state index contributed by atoms with van der Waals surface area (Å²) in [4.78, 5) is 0. The molecular formula is C8H15NO. The van der Waals surface area contributed by atoms with Crippen LogP contribution in [-0.2, 0) is 0 Å². The third-order valence-electron chi connectivity index (χ3n) is 2.06. The summed E-state index contributed by atoms with van der Waals surface area (Å²) in [7, 11) is 0. The minimum absolute atomic E-state index is 0.806. The van der Waals surface area contributed by atoms with Gasteiger partial charge in [0.05, 0.1) is 0 Å². The monoisotopic (exact) mass is 141 g/mol. The molecule has 0 aliphatic carbocycles. The van der Waals surface area contributed by atoms with Crippen molar-refractivity contribution in [3.05, 3.63) is 11.3 Å². The van der Waals surface area contributed by atoms with Gasteiger partial charge in [0.25, 0.3) is 0 Å². The highest BCUT2D eigenvalue weighted by molar-refractivity contribution is 5.11. The van der Waals surface area contributed by atoms with E-state index in [0.717, 1.165) is 31.5 Å². The lowest BCUT2D eigenvalue weighted by atomic mass is 10.0. The average molecular weight is 141 g/mol. The van der Waals surface area contributed by atoms with E-state index in [1.54, 1.807) is 0 Å². The van der Waals surface area contributed by atoms with E-state index >= 15 is 0 Å². The first-order valence-electron chi connectivity index (χ1n) is 3.90. The fourth-order valence-electron chi connectivity index (χ4n) is 1.48. The maximum atomic E-state index is 9.31. The first-order valence-corrected chi connectivity index (χ1v) is 3.90. The summed E-state index contributed by atoms with van der Waals surface area (Å²) >= 11 is 0. The van der Waals surface area contributed by atoms with Crippen LogP contribution in [0.1, 0.15) is 33.1 Å². The lowest BCUT2D eigenvalue weighted by Crippen LogP contribution is -2.24. The second-order valence-corrected chi connectivity index (χ2v) is 2.81. The smallest absolute Gasteiger partial charge is 0.0452 e. The molecule has 2 nitrogen and oxygen atoms in total. The third kappa shape index (κ3) is 1.32. The molecular weight excluding hydrogens is 126 g/mol. The first-order chi connectivity index (χ1) is 4.75. The highest BCUT2D eigenvalue weighted by Gasteiger charge is 2.12. The number of allylic oxidation sites excluding steroid dienone is 2. The lowest BCUT2D eigenvalue weighted by Gasteiger charge is -2.26. The summed E-state index contributed by atoms with van der Waals surface area (Å²) in [5.74, 6) is 0. The summed E-state index contributed by atoms with van der Waals surface area (Å²) in [5, 5.41) is 10.7. The van der Waals surface area contributed by atoms with Gasteiger partial charge in [-0.3, -0.25) is 10.3 Å². The standard InChI is InChI=1S/C8H15NO/c1-3-8-7(2)5-4-6-9(8)10/h10H,3-6H2,1-2H3. The molecule has 0 saturated heterocycles. The molecule has 0 amide bonds. The van der Waals surface area contributed by atoms with Gasteiger partial charge >= 0.3 is 0 Å². The van der Waals surface area contributed by atoms with Crippen LogP contribution in [0.25, 0.3) is 0 Å². The summed E-state index contributed by atoms with van der Waals surface area (Å²) < 4.78 is 0. The van der Waals surface area contributed by atoms with Crippen LogP contribution in [0.15, 0.2) is 11.3 Å². The number of hydrogen-bond acceptors (Lipinski definition) is 2. The van der Waals surface area contributed by atoms with Gasteiger partial charge in [-0.2, -0.15) is 0 Å². The second-order valence-electron chi connectivity index (χ2n) is 2.81. The Morgan fingerprint density at radius 2 is 2.30 bits per heavy atom. The van der Waals surface area contributed by atoms with Crippen LogP contribution in [0, 0.1) is 0 Å². The Labute approximate surface area is 62.1 Å². The van der Waals surface area contributed by atoms with Crippen LogP contribution in [0.2, 0.25) is 0 Å². The molecule has 1 heterocycles. The minimum Gasteiger partial charge on any atom is -0.289 e. The van der Waals surface area contributed by atoms with Crippen molar-refractivity contribution in [3.8, 4) is 0 Å². The highest BCUT2D eigenvalue weighted by atomic mass is 16.5. The van der Waals surface area contributed by atoms with E-state index in [1.807, 2.05) is 0 Å². The predicted octanol–water partition coefficient (Wildman–Crippen LogP) is 2.16. The van der Waals surface area contributed by atoms with Crippen LogP contribution < -0.4 is 0 Å². The number of rotatable bonds is 1. The van der Waals surface area contributed by atoms with E-state index in [4.69, 9.17) is 0 Å². The van der Waals surface area contributed by atoms with Gasteiger partial charge in [-0.15, -0.1) is 0 Å². The lowest BCUT2D eigenvalue weighted by molar-refractivity contribution is -0.0648. The van der Waals surface area contributed by atoms with Gasteiger partial charge in [0, 0.05) is 12.2 Å². The van der Waals surface area contributed by atoms with Gasteiger partial charge in [0.1, 0.15) is 0 Å².